The molecule has 10 rings (SSSR count). The van der Waals surface area contributed by atoms with E-state index in [1.807, 2.05) is 24.4 Å². The molecule has 0 aliphatic carbocycles. The molecule has 0 aliphatic rings. The van der Waals surface area contributed by atoms with Gasteiger partial charge in [-0.2, -0.15) is 0 Å². The predicted molar refractivity (Wildman–Crippen MR) is 200 cm³/mol. The van der Waals surface area contributed by atoms with Crippen molar-refractivity contribution in [3.8, 4) is 45.2 Å². The van der Waals surface area contributed by atoms with Gasteiger partial charge in [-0.3, -0.25) is 4.40 Å². The minimum Gasteiger partial charge on any atom is -0.284 e. The highest BCUT2D eigenvalue weighted by Gasteiger charge is 2.17. The Hall–Kier alpha value is -6.72. The number of hydrogen-bond donors (Lipinski definition) is 0. The van der Waals surface area contributed by atoms with Crippen LogP contribution in [0.15, 0.2) is 164 Å². The maximum Gasteiger partial charge on any atom is 0.165 e. The van der Waals surface area contributed by atoms with E-state index < -0.39 is 0 Å². The van der Waals surface area contributed by atoms with Crippen LogP contribution in [0.25, 0.3) is 94.3 Å². The summed E-state index contributed by atoms with van der Waals surface area (Å²) in [6.07, 6.45) is 2.02. The van der Waals surface area contributed by atoms with Crippen LogP contribution in [0.1, 0.15) is 0 Å². The Labute approximate surface area is 281 Å². The topological polar surface area (TPSA) is 56.0 Å². The number of nitrogens with zero attached hydrogens (tertiary/aromatic N) is 5. The first-order chi connectivity index (χ1) is 24.2. The maximum atomic E-state index is 5.24. The molecule has 0 N–H and O–H groups in total. The third-order valence-electron chi connectivity index (χ3n) is 9.37. The molecule has 0 atom stereocenters. The van der Waals surface area contributed by atoms with Gasteiger partial charge >= 0.3 is 0 Å². The van der Waals surface area contributed by atoms with E-state index in [0.29, 0.717) is 5.82 Å². The van der Waals surface area contributed by atoms with Crippen molar-refractivity contribution >= 4 is 49.1 Å². The van der Waals surface area contributed by atoms with Crippen LogP contribution in [0.2, 0.25) is 0 Å². The van der Waals surface area contributed by atoms with E-state index >= 15 is 0 Å². The Morgan fingerprint density at radius 1 is 0.388 bits per heavy atom. The second kappa shape index (κ2) is 10.9. The zero-order chi connectivity index (χ0) is 32.3. The highest BCUT2D eigenvalue weighted by molar-refractivity contribution is 6.09. The van der Waals surface area contributed by atoms with E-state index in [2.05, 4.69) is 144 Å². The SMILES string of the molecule is c1cc(-c2nc(-c3ccc4ccccc4c3)cc(-c3ccc4ccccc4c3)n2)cc(-c2nc3c(nc4ccccn43)c3ccccc23)c1. The molecule has 0 radical (unpaired) electrons. The molecular weight excluding hydrogens is 599 g/mol. The average Bonchev–Trinajstić information content (AvgIpc) is 3.56. The van der Waals surface area contributed by atoms with Crippen molar-refractivity contribution in [3.63, 3.8) is 0 Å². The first-order valence-corrected chi connectivity index (χ1v) is 16.4. The lowest BCUT2D eigenvalue weighted by Gasteiger charge is -2.12. The normalized spacial score (nSPS) is 11.7. The first-order valence-electron chi connectivity index (χ1n) is 16.4. The minimum atomic E-state index is 0.663. The van der Waals surface area contributed by atoms with Crippen LogP contribution in [0.4, 0.5) is 0 Å². The molecule has 5 nitrogen and oxygen atoms in total. The van der Waals surface area contributed by atoms with Gasteiger partial charge in [0.1, 0.15) is 11.2 Å². The minimum absolute atomic E-state index is 0.663. The fourth-order valence-electron chi connectivity index (χ4n) is 6.93. The summed E-state index contributed by atoms with van der Waals surface area (Å²) in [4.78, 5) is 20.6. The Balaban J connectivity index is 1.18. The van der Waals surface area contributed by atoms with Crippen molar-refractivity contribution in [2.24, 2.45) is 0 Å². The highest BCUT2D eigenvalue weighted by Crippen LogP contribution is 2.35. The van der Waals surface area contributed by atoms with Crippen LogP contribution in [-0.2, 0) is 0 Å². The van der Waals surface area contributed by atoms with Crippen molar-refractivity contribution in [2.75, 3.05) is 0 Å². The zero-order valence-corrected chi connectivity index (χ0v) is 26.3. The maximum absolute atomic E-state index is 5.24. The molecule has 0 saturated heterocycles. The molecule has 0 unspecified atom stereocenters. The molecule has 0 spiro atoms. The number of imidazole rings is 1. The molecule has 6 aromatic carbocycles. The monoisotopic (exact) mass is 625 g/mol. The lowest BCUT2D eigenvalue weighted by atomic mass is 10.00. The summed E-state index contributed by atoms with van der Waals surface area (Å²) in [5.41, 5.74) is 9.27. The Kier molecular flexibility index (Phi) is 6.11. The van der Waals surface area contributed by atoms with Crippen molar-refractivity contribution < 1.29 is 0 Å². The van der Waals surface area contributed by atoms with Crippen LogP contribution >= 0.6 is 0 Å². The third kappa shape index (κ3) is 4.63. The molecule has 0 amide bonds. The molecule has 0 saturated carbocycles. The summed E-state index contributed by atoms with van der Waals surface area (Å²) in [5, 5.41) is 6.88. The van der Waals surface area contributed by atoms with Crippen LogP contribution in [0.5, 0.6) is 0 Å². The lowest BCUT2D eigenvalue weighted by molar-refractivity contribution is 1.18. The van der Waals surface area contributed by atoms with Crippen molar-refractivity contribution in [3.05, 3.63) is 164 Å². The first kappa shape index (κ1) is 27.4. The molecule has 4 heterocycles. The molecule has 0 bridgehead atoms. The van der Waals surface area contributed by atoms with Crippen LogP contribution < -0.4 is 0 Å². The molecule has 10 aromatic rings. The van der Waals surface area contributed by atoms with Gasteiger partial charge in [0.05, 0.1) is 17.1 Å². The number of hydrogen-bond acceptors (Lipinski definition) is 4. The van der Waals surface area contributed by atoms with Gasteiger partial charge in [0.15, 0.2) is 11.5 Å². The van der Waals surface area contributed by atoms with Crippen LogP contribution in [0.3, 0.4) is 0 Å². The second-order valence-corrected chi connectivity index (χ2v) is 12.4. The quantitative estimate of drug-likeness (QED) is 0.195. The third-order valence-corrected chi connectivity index (χ3v) is 9.37. The van der Waals surface area contributed by atoms with E-state index in [1.165, 1.54) is 21.5 Å². The van der Waals surface area contributed by atoms with E-state index in [1.54, 1.807) is 0 Å². The summed E-state index contributed by atoms with van der Waals surface area (Å²) in [6, 6.07) is 54.9. The number of aromatic nitrogens is 5. The fraction of sp³-hybridized carbons (Fsp3) is 0. The zero-order valence-electron chi connectivity index (χ0n) is 26.3. The van der Waals surface area contributed by atoms with E-state index in [9.17, 15) is 0 Å². The van der Waals surface area contributed by atoms with Gasteiger partial charge in [0.25, 0.3) is 0 Å². The van der Waals surface area contributed by atoms with Gasteiger partial charge in [-0.15, -0.1) is 0 Å². The number of pyridine rings is 2. The van der Waals surface area contributed by atoms with Gasteiger partial charge in [-0.25, -0.2) is 19.9 Å². The molecule has 0 aliphatic heterocycles. The van der Waals surface area contributed by atoms with E-state index in [0.717, 1.165) is 66.9 Å². The molecule has 5 heteroatoms. The summed E-state index contributed by atoms with van der Waals surface area (Å²) < 4.78 is 2.06. The smallest absolute Gasteiger partial charge is 0.165 e. The van der Waals surface area contributed by atoms with Crippen LogP contribution in [0, 0.1) is 0 Å². The van der Waals surface area contributed by atoms with Gasteiger partial charge in [-0.05, 0) is 57.9 Å². The molecular formula is C44H27N5. The number of fused-ring (bicyclic) bond motifs is 7. The van der Waals surface area contributed by atoms with Gasteiger partial charge in [-0.1, -0.05) is 121 Å². The molecule has 4 aromatic heterocycles. The van der Waals surface area contributed by atoms with Gasteiger partial charge in [0.2, 0.25) is 0 Å². The molecule has 49 heavy (non-hydrogen) atoms. The highest BCUT2D eigenvalue weighted by atomic mass is 15.1. The number of benzene rings is 6. The summed E-state index contributed by atoms with van der Waals surface area (Å²) >= 11 is 0. The Morgan fingerprint density at radius 3 is 1.71 bits per heavy atom. The van der Waals surface area contributed by atoms with Crippen molar-refractivity contribution in [1.29, 1.82) is 0 Å². The summed E-state index contributed by atoms with van der Waals surface area (Å²) in [7, 11) is 0. The second-order valence-electron chi connectivity index (χ2n) is 12.4. The number of rotatable bonds is 4. The van der Waals surface area contributed by atoms with E-state index in [4.69, 9.17) is 19.9 Å². The largest absolute Gasteiger partial charge is 0.284 e. The predicted octanol–water partition coefficient (Wildman–Crippen LogP) is 10.8. The summed E-state index contributed by atoms with van der Waals surface area (Å²) in [5.74, 6) is 0.663. The Morgan fingerprint density at radius 2 is 1.00 bits per heavy atom. The Bertz CT molecular complexity index is 2810. The summed E-state index contributed by atoms with van der Waals surface area (Å²) in [6.45, 7) is 0. The lowest BCUT2D eigenvalue weighted by Crippen LogP contribution is -1.97. The molecule has 0 fully saturated rings. The van der Waals surface area contributed by atoms with E-state index in [-0.39, 0.29) is 0 Å². The van der Waals surface area contributed by atoms with Crippen molar-refractivity contribution in [1.82, 2.24) is 24.3 Å². The van der Waals surface area contributed by atoms with Gasteiger partial charge < -0.3 is 0 Å². The van der Waals surface area contributed by atoms with Crippen molar-refractivity contribution in [2.45, 2.75) is 0 Å². The average molecular weight is 626 g/mol. The fourth-order valence-corrected chi connectivity index (χ4v) is 6.93. The van der Waals surface area contributed by atoms with Crippen LogP contribution in [-0.4, -0.2) is 24.3 Å². The standard InChI is InChI=1S/C44H27N5/c1-3-12-30-24-32(21-19-28(30)10-1)38-27-39(33-22-20-29-11-2-4-13-31(29)25-33)46-43(45-38)35-15-9-14-34(26-35)41-36-16-5-6-17-37(36)42-44(48-41)49-23-8-7-18-40(49)47-42/h1-27H. The van der Waals surface area contributed by atoms with Gasteiger partial charge in [0, 0.05) is 39.2 Å². The molecule has 228 valence electrons.